The molecule has 2 heterocycles. The van der Waals surface area contributed by atoms with Crippen molar-refractivity contribution in [1.29, 1.82) is 0 Å². The fraction of sp³-hybridized carbons (Fsp3) is 0.375. The van der Waals surface area contributed by atoms with Gasteiger partial charge in [0, 0.05) is 18.1 Å². The first-order chi connectivity index (χ1) is 10.3. The van der Waals surface area contributed by atoms with Gasteiger partial charge in [-0.05, 0) is 25.5 Å². The maximum absolute atomic E-state index is 4.77. The Morgan fingerprint density at radius 1 is 1.33 bits per heavy atom. The summed E-state index contributed by atoms with van der Waals surface area (Å²) in [5, 5.41) is 6.66. The van der Waals surface area contributed by atoms with Gasteiger partial charge in [-0.25, -0.2) is 9.97 Å². The summed E-state index contributed by atoms with van der Waals surface area (Å²) in [6.07, 6.45) is 2.96. The lowest BCUT2D eigenvalue weighted by atomic mass is 10.3. The van der Waals surface area contributed by atoms with Crippen LogP contribution in [0.5, 0.6) is 0 Å². The van der Waals surface area contributed by atoms with Crippen LogP contribution in [0, 0.1) is 0 Å². The maximum atomic E-state index is 4.77. The predicted octanol–water partition coefficient (Wildman–Crippen LogP) is 3.75. The van der Waals surface area contributed by atoms with Crippen LogP contribution in [-0.2, 0) is 13.1 Å². The summed E-state index contributed by atoms with van der Waals surface area (Å²) in [7, 11) is 0. The number of hydrogen-bond acceptors (Lipinski definition) is 4. The van der Waals surface area contributed by atoms with Crippen LogP contribution in [0.1, 0.15) is 37.1 Å². The molecule has 5 heteroatoms. The van der Waals surface area contributed by atoms with Gasteiger partial charge in [-0.1, -0.05) is 19.1 Å². The van der Waals surface area contributed by atoms with Crippen LogP contribution in [0.3, 0.4) is 0 Å². The summed E-state index contributed by atoms with van der Waals surface area (Å²) in [5.74, 6) is 1.10. The standard InChI is InChI=1S/C16H20N4S/c1-3-9-20-14-7-5-4-6-13(14)19-15(20)11-18-12(2)16-17-8-10-21-16/h4-8,10,12,18H,3,9,11H2,1-2H3. The molecule has 4 nitrogen and oxygen atoms in total. The average Bonchev–Trinajstić information content (AvgIpc) is 3.14. The Morgan fingerprint density at radius 2 is 2.19 bits per heavy atom. The molecule has 0 amide bonds. The lowest BCUT2D eigenvalue weighted by Crippen LogP contribution is -2.20. The van der Waals surface area contributed by atoms with Crippen LogP contribution < -0.4 is 5.32 Å². The number of fused-ring (bicyclic) bond motifs is 1. The number of aryl methyl sites for hydroxylation is 1. The molecule has 1 unspecified atom stereocenters. The third kappa shape index (κ3) is 2.99. The molecule has 0 bridgehead atoms. The van der Waals surface area contributed by atoms with E-state index in [1.807, 2.05) is 17.6 Å². The Bertz CT molecular complexity index is 702. The van der Waals surface area contributed by atoms with Crippen molar-refractivity contribution in [2.24, 2.45) is 0 Å². The van der Waals surface area contributed by atoms with Crippen LogP contribution in [0.2, 0.25) is 0 Å². The van der Waals surface area contributed by atoms with Crippen molar-refractivity contribution in [1.82, 2.24) is 19.9 Å². The number of nitrogens with one attached hydrogen (secondary N) is 1. The Morgan fingerprint density at radius 3 is 2.95 bits per heavy atom. The second-order valence-corrected chi connectivity index (χ2v) is 6.07. The van der Waals surface area contributed by atoms with Crippen molar-refractivity contribution >= 4 is 22.4 Å². The highest BCUT2D eigenvalue weighted by atomic mass is 32.1. The summed E-state index contributed by atoms with van der Waals surface area (Å²) in [4.78, 5) is 9.13. The van der Waals surface area contributed by atoms with E-state index in [1.54, 1.807) is 11.3 Å². The van der Waals surface area contributed by atoms with Gasteiger partial charge < -0.3 is 9.88 Å². The Kier molecular flexibility index (Phi) is 4.31. The molecule has 0 saturated heterocycles. The summed E-state index contributed by atoms with van der Waals surface area (Å²) in [6, 6.07) is 8.59. The molecule has 0 saturated carbocycles. The molecule has 1 atom stereocenters. The van der Waals surface area contributed by atoms with Crippen LogP contribution >= 0.6 is 11.3 Å². The summed E-state index contributed by atoms with van der Waals surface area (Å²) in [6.45, 7) is 6.11. The summed E-state index contributed by atoms with van der Waals surface area (Å²) in [5.41, 5.74) is 2.29. The summed E-state index contributed by atoms with van der Waals surface area (Å²) < 4.78 is 2.32. The molecule has 3 rings (SSSR count). The Balaban J connectivity index is 1.81. The van der Waals surface area contributed by atoms with Crippen molar-refractivity contribution in [3.63, 3.8) is 0 Å². The van der Waals surface area contributed by atoms with Crippen molar-refractivity contribution < 1.29 is 0 Å². The van der Waals surface area contributed by atoms with Gasteiger partial charge in [0.2, 0.25) is 0 Å². The van der Waals surface area contributed by atoms with Crippen LogP contribution in [0.25, 0.3) is 11.0 Å². The first-order valence-corrected chi connectivity index (χ1v) is 8.24. The number of aromatic nitrogens is 3. The van der Waals surface area contributed by atoms with Gasteiger partial charge in [-0.15, -0.1) is 11.3 Å². The number of nitrogens with zero attached hydrogens (tertiary/aromatic N) is 3. The lowest BCUT2D eigenvalue weighted by molar-refractivity contribution is 0.534. The molecular formula is C16H20N4S. The van der Waals surface area contributed by atoms with E-state index in [0.29, 0.717) is 0 Å². The molecule has 0 aliphatic heterocycles. The highest BCUT2D eigenvalue weighted by Crippen LogP contribution is 2.19. The predicted molar refractivity (Wildman–Crippen MR) is 87.4 cm³/mol. The summed E-state index contributed by atoms with van der Waals surface area (Å²) >= 11 is 1.68. The molecule has 0 spiro atoms. The van der Waals surface area contributed by atoms with E-state index in [1.165, 1.54) is 5.52 Å². The van der Waals surface area contributed by atoms with Crippen molar-refractivity contribution in [3.8, 4) is 0 Å². The van der Waals surface area contributed by atoms with Crippen molar-refractivity contribution in [3.05, 3.63) is 46.7 Å². The number of imidazole rings is 1. The van der Waals surface area contributed by atoms with Crippen LogP contribution in [-0.4, -0.2) is 14.5 Å². The molecule has 0 aliphatic carbocycles. The highest BCUT2D eigenvalue weighted by molar-refractivity contribution is 7.09. The fourth-order valence-corrected chi connectivity index (χ4v) is 3.18. The monoisotopic (exact) mass is 300 g/mol. The third-order valence-electron chi connectivity index (χ3n) is 3.57. The molecule has 3 aromatic rings. The molecule has 1 aromatic carbocycles. The fourth-order valence-electron chi connectivity index (χ4n) is 2.51. The van der Waals surface area contributed by atoms with Crippen LogP contribution in [0.15, 0.2) is 35.8 Å². The van der Waals surface area contributed by atoms with E-state index < -0.39 is 0 Å². The maximum Gasteiger partial charge on any atom is 0.123 e. The second-order valence-electron chi connectivity index (χ2n) is 5.14. The molecular weight excluding hydrogens is 280 g/mol. The SMILES string of the molecule is CCCn1c(CNC(C)c2nccs2)nc2ccccc21. The number of thiazole rings is 1. The van der Waals surface area contributed by atoms with Gasteiger partial charge in [-0.2, -0.15) is 0 Å². The minimum atomic E-state index is 0.250. The van der Waals surface area contributed by atoms with Gasteiger partial charge in [0.05, 0.1) is 23.6 Å². The van der Waals surface area contributed by atoms with Crippen LogP contribution in [0.4, 0.5) is 0 Å². The first kappa shape index (κ1) is 14.2. The number of hydrogen-bond donors (Lipinski definition) is 1. The molecule has 0 fully saturated rings. The normalized spacial score (nSPS) is 12.9. The van der Waals surface area contributed by atoms with Gasteiger partial charge in [0.15, 0.2) is 0 Å². The lowest BCUT2D eigenvalue weighted by Gasteiger charge is -2.12. The minimum absolute atomic E-state index is 0.250. The minimum Gasteiger partial charge on any atom is -0.327 e. The van der Waals surface area contributed by atoms with E-state index in [9.17, 15) is 0 Å². The quantitative estimate of drug-likeness (QED) is 0.754. The first-order valence-electron chi connectivity index (χ1n) is 7.36. The molecule has 2 aromatic heterocycles. The zero-order valence-electron chi connectivity index (χ0n) is 12.4. The van der Waals surface area contributed by atoms with Gasteiger partial charge in [0.25, 0.3) is 0 Å². The number of rotatable bonds is 6. The van der Waals surface area contributed by atoms with E-state index in [0.717, 1.165) is 35.9 Å². The van der Waals surface area contributed by atoms with Gasteiger partial charge in [0.1, 0.15) is 10.8 Å². The van der Waals surface area contributed by atoms with Gasteiger partial charge >= 0.3 is 0 Å². The Hall–Kier alpha value is -1.72. The molecule has 0 radical (unpaired) electrons. The molecule has 0 aliphatic rings. The van der Waals surface area contributed by atoms with Crippen molar-refractivity contribution in [2.45, 2.75) is 39.4 Å². The van der Waals surface area contributed by atoms with E-state index in [2.05, 4.69) is 46.9 Å². The Labute approximate surface area is 128 Å². The van der Waals surface area contributed by atoms with E-state index in [-0.39, 0.29) is 6.04 Å². The zero-order chi connectivity index (χ0) is 14.7. The molecule has 110 valence electrons. The second kappa shape index (κ2) is 6.37. The molecule has 21 heavy (non-hydrogen) atoms. The third-order valence-corrected chi connectivity index (χ3v) is 4.53. The van der Waals surface area contributed by atoms with E-state index in [4.69, 9.17) is 4.98 Å². The number of benzene rings is 1. The topological polar surface area (TPSA) is 42.7 Å². The molecule has 1 N–H and O–H groups in total. The largest absolute Gasteiger partial charge is 0.327 e. The number of para-hydroxylation sites is 2. The highest BCUT2D eigenvalue weighted by Gasteiger charge is 2.12. The van der Waals surface area contributed by atoms with Gasteiger partial charge in [-0.3, -0.25) is 0 Å². The average molecular weight is 300 g/mol. The smallest absolute Gasteiger partial charge is 0.123 e. The van der Waals surface area contributed by atoms with Crippen molar-refractivity contribution in [2.75, 3.05) is 0 Å². The zero-order valence-corrected chi connectivity index (χ0v) is 13.2. The van der Waals surface area contributed by atoms with E-state index >= 15 is 0 Å².